The van der Waals surface area contributed by atoms with Crippen LogP contribution < -0.4 is 11.1 Å². The van der Waals surface area contributed by atoms with Crippen LogP contribution in [0, 0.1) is 12.7 Å². The summed E-state index contributed by atoms with van der Waals surface area (Å²) in [5.41, 5.74) is 8.18. The van der Waals surface area contributed by atoms with Crippen molar-refractivity contribution in [3.63, 3.8) is 0 Å². The van der Waals surface area contributed by atoms with Crippen LogP contribution >= 0.6 is 11.6 Å². The summed E-state index contributed by atoms with van der Waals surface area (Å²) in [5.74, 6) is -0.328. The van der Waals surface area contributed by atoms with Crippen molar-refractivity contribution in [3.05, 3.63) is 63.9 Å². The molecule has 0 fully saturated rings. The average Bonchev–Trinajstić information content (AvgIpc) is 2.48. The van der Waals surface area contributed by atoms with Crippen LogP contribution in [0.4, 0.5) is 10.1 Å². The predicted molar refractivity (Wildman–Crippen MR) is 82.4 cm³/mol. The first-order valence-electron chi connectivity index (χ1n) is 6.27. The monoisotopic (exact) mass is 307 g/mol. The second-order valence-electron chi connectivity index (χ2n) is 4.63. The van der Waals surface area contributed by atoms with Gasteiger partial charge in [0.25, 0.3) is 0 Å². The zero-order valence-corrected chi connectivity index (χ0v) is 12.2. The van der Waals surface area contributed by atoms with Crippen LogP contribution in [0.15, 0.2) is 41.6 Å². The minimum Gasteiger partial charge on any atom is -0.409 e. The van der Waals surface area contributed by atoms with Crippen LogP contribution in [0.1, 0.15) is 16.7 Å². The number of nitrogens with zero attached hydrogens (tertiary/aromatic N) is 1. The Morgan fingerprint density at radius 3 is 2.76 bits per heavy atom. The molecule has 0 saturated heterocycles. The third kappa shape index (κ3) is 3.64. The van der Waals surface area contributed by atoms with E-state index in [9.17, 15) is 4.39 Å². The summed E-state index contributed by atoms with van der Waals surface area (Å²) in [5, 5.41) is 15.0. The standard InChI is InChI=1S/C15H15ClFN3O/c1-9-2-5-13(17)14(6-9)19-8-11-4-3-10(7-12(11)16)15(18)20-21/h2-7,19,21H,8H2,1H3,(H2,18,20). The van der Waals surface area contributed by atoms with E-state index in [0.29, 0.717) is 22.8 Å². The highest BCUT2D eigenvalue weighted by atomic mass is 35.5. The lowest BCUT2D eigenvalue weighted by atomic mass is 10.1. The molecule has 0 atom stereocenters. The fourth-order valence-electron chi connectivity index (χ4n) is 1.87. The van der Waals surface area contributed by atoms with Gasteiger partial charge in [-0.05, 0) is 36.2 Å². The molecule has 4 nitrogen and oxygen atoms in total. The number of amidine groups is 1. The fraction of sp³-hybridized carbons (Fsp3) is 0.133. The molecule has 2 aromatic rings. The van der Waals surface area contributed by atoms with Crippen molar-refractivity contribution in [2.24, 2.45) is 10.9 Å². The van der Waals surface area contributed by atoms with E-state index in [1.54, 1.807) is 30.3 Å². The summed E-state index contributed by atoms with van der Waals surface area (Å²) in [4.78, 5) is 0. The summed E-state index contributed by atoms with van der Waals surface area (Å²) in [6.07, 6.45) is 0. The van der Waals surface area contributed by atoms with Gasteiger partial charge in [-0.15, -0.1) is 0 Å². The second kappa shape index (κ2) is 6.45. The van der Waals surface area contributed by atoms with Gasteiger partial charge in [-0.25, -0.2) is 4.39 Å². The first-order chi connectivity index (χ1) is 10.0. The van der Waals surface area contributed by atoms with Crippen molar-refractivity contribution in [2.45, 2.75) is 13.5 Å². The van der Waals surface area contributed by atoms with Gasteiger partial charge in [-0.2, -0.15) is 0 Å². The minimum absolute atomic E-state index is 0.0128. The van der Waals surface area contributed by atoms with E-state index >= 15 is 0 Å². The summed E-state index contributed by atoms with van der Waals surface area (Å²) in [6.45, 7) is 2.26. The van der Waals surface area contributed by atoms with Gasteiger partial charge in [0.1, 0.15) is 5.82 Å². The Morgan fingerprint density at radius 1 is 1.33 bits per heavy atom. The van der Waals surface area contributed by atoms with Gasteiger partial charge in [0.05, 0.1) is 5.69 Å². The molecule has 0 aromatic heterocycles. The topological polar surface area (TPSA) is 70.6 Å². The number of hydrogen-bond acceptors (Lipinski definition) is 3. The Balaban J connectivity index is 2.15. The highest BCUT2D eigenvalue weighted by Gasteiger charge is 2.07. The van der Waals surface area contributed by atoms with Crippen molar-refractivity contribution in [1.29, 1.82) is 0 Å². The van der Waals surface area contributed by atoms with Crippen molar-refractivity contribution < 1.29 is 9.60 Å². The van der Waals surface area contributed by atoms with Gasteiger partial charge in [0.15, 0.2) is 5.84 Å². The van der Waals surface area contributed by atoms with Gasteiger partial charge in [0, 0.05) is 17.1 Å². The molecule has 2 rings (SSSR count). The molecular formula is C15H15ClFN3O. The molecule has 0 bridgehead atoms. The van der Waals surface area contributed by atoms with Gasteiger partial charge in [0.2, 0.25) is 0 Å². The summed E-state index contributed by atoms with van der Waals surface area (Å²) >= 11 is 6.14. The number of benzene rings is 2. The molecular weight excluding hydrogens is 293 g/mol. The van der Waals surface area contributed by atoms with Crippen molar-refractivity contribution >= 4 is 23.1 Å². The van der Waals surface area contributed by atoms with E-state index in [0.717, 1.165) is 11.1 Å². The van der Waals surface area contributed by atoms with Crippen LogP contribution in [0.5, 0.6) is 0 Å². The maximum absolute atomic E-state index is 13.6. The molecule has 0 radical (unpaired) electrons. The first-order valence-corrected chi connectivity index (χ1v) is 6.65. The van der Waals surface area contributed by atoms with Crippen LogP contribution in [0.3, 0.4) is 0 Å². The summed E-state index contributed by atoms with van der Waals surface area (Å²) < 4.78 is 13.6. The quantitative estimate of drug-likeness (QED) is 0.350. The molecule has 21 heavy (non-hydrogen) atoms. The molecule has 110 valence electrons. The third-order valence-electron chi connectivity index (χ3n) is 3.05. The smallest absolute Gasteiger partial charge is 0.170 e. The lowest BCUT2D eigenvalue weighted by Crippen LogP contribution is -2.13. The molecule has 6 heteroatoms. The van der Waals surface area contributed by atoms with Gasteiger partial charge in [-0.1, -0.05) is 35.0 Å². The van der Waals surface area contributed by atoms with Crippen LogP contribution in [0.25, 0.3) is 0 Å². The maximum atomic E-state index is 13.6. The van der Waals surface area contributed by atoms with Gasteiger partial charge < -0.3 is 16.3 Å². The number of oxime groups is 1. The fourth-order valence-corrected chi connectivity index (χ4v) is 2.12. The molecule has 0 aliphatic rings. The van der Waals surface area contributed by atoms with E-state index in [4.69, 9.17) is 22.5 Å². The average molecular weight is 308 g/mol. The normalized spacial score (nSPS) is 11.5. The molecule has 0 spiro atoms. The van der Waals surface area contributed by atoms with Gasteiger partial charge >= 0.3 is 0 Å². The lowest BCUT2D eigenvalue weighted by molar-refractivity contribution is 0.318. The predicted octanol–water partition coefficient (Wildman–Crippen LogP) is 3.49. The maximum Gasteiger partial charge on any atom is 0.170 e. The van der Waals surface area contributed by atoms with E-state index in [2.05, 4.69) is 10.5 Å². The van der Waals surface area contributed by atoms with Crippen LogP contribution in [0.2, 0.25) is 5.02 Å². The largest absolute Gasteiger partial charge is 0.409 e. The third-order valence-corrected chi connectivity index (χ3v) is 3.40. The molecule has 0 aliphatic heterocycles. The number of rotatable bonds is 4. The molecule has 2 aromatic carbocycles. The molecule has 0 heterocycles. The minimum atomic E-state index is -0.315. The van der Waals surface area contributed by atoms with Crippen molar-refractivity contribution in [3.8, 4) is 0 Å². The van der Waals surface area contributed by atoms with Gasteiger partial charge in [-0.3, -0.25) is 0 Å². The molecule has 0 amide bonds. The van der Waals surface area contributed by atoms with Crippen molar-refractivity contribution in [2.75, 3.05) is 5.32 Å². The van der Waals surface area contributed by atoms with Crippen LogP contribution in [-0.4, -0.2) is 11.0 Å². The number of halogens is 2. The summed E-state index contributed by atoms with van der Waals surface area (Å²) in [6, 6.07) is 9.88. The Hall–Kier alpha value is -2.27. The van der Waals surface area contributed by atoms with E-state index < -0.39 is 0 Å². The second-order valence-corrected chi connectivity index (χ2v) is 5.04. The number of hydrogen-bond donors (Lipinski definition) is 3. The Labute approximate surface area is 127 Å². The highest BCUT2D eigenvalue weighted by molar-refractivity contribution is 6.31. The number of aryl methyl sites for hydroxylation is 1. The van der Waals surface area contributed by atoms with E-state index in [1.807, 2.05) is 6.92 Å². The zero-order valence-electron chi connectivity index (χ0n) is 11.4. The van der Waals surface area contributed by atoms with Crippen LogP contribution in [-0.2, 0) is 6.54 Å². The van der Waals surface area contributed by atoms with Crippen molar-refractivity contribution in [1.82, 2.24) is 0 Å². The number of nitrogens with two attached hydrogens (primary N) is 1. The van der Waals surface area contributed by atoms with E-state index in [-0.39, 0.29) is 11.7 Å². The first kappa shape index (κ1) is 15.1. The Bertz CT molecular complexity index is 689. The Kier molecular flexibility index (Phi) is 4.65. The Morgan fingerprint density at radius 2 is 2.10 bits per heavy atom. The lowest BCUT2D eigenvalue weighted by Gasteiger charge is -2.10. The SMILES string of the molecule is Cc1ccc(F)c(NCc2ccc(/C(N)=N/O)cc2Cl)c1. The number of nitrogens with one attached hydrogen (secondary N) is 1. The molecule has 0 saturated carbocycles. The molecule has 4 N–H and O–H groups in total. The van der Waals surface area contributed by atoms with E-state index in [1.165, 1.54) is 6.07 Å². The highest BCUT2D eigenvalue weighted by Crippen LogP contribution is 2.21. The molecule has 0 unspecified atom stereocenters. The molecule has 0 aliphatic carbocycles. The zero-order chi connectivity index (χ0) is 15.4. The summed E-state index contributed by atoms with van der Waals surface area (Å²) in [7, 11) is 0. The number of anilines is 1.